The molecular formula is C10H18O6. The van der Waals surface area contributed by atoms with E-state index in [0.717, 1.165) is 0 Å². The van der Waals surface area contributed by atoms with Crippen LogP contribution in [0.5, 0.6) is 0 Å². The standard InChI is InChI=1S/C10H18O6/c1-10(5-6-11,4-2-8(12)13)16-7-3-9(14)15/h11H,2-7H2,1H3,(H,12,13)(H,14,15). The summed E-state index contributed by atoms with van der Waals surface area (Å²) in [6.45, 7) is 1.57. The molecule has 0 rings (SSSR count). The molecule has 94 valence electrons. The molecule has 0 spiro atoms. The van der Waals surface area contributed by atoms with Gasteiger partial charge in [-0.25, -0.2) is 0 Å². The van der Waals surface area contributed by atoms with Gasteiger partial charge in [0.25, 0.3) is 0 Å². The van der Waals surface area contributed by atoms with E-state index in [1.807, 2.05) is 0 Å². The van der Waals surface area contributed by atoms with Gasteiger partial charge >= 0.3 is 11.9 Å². The van der Waals surface area contributed by atoms with Gasteiger partial charge in [-0.2, -0.15) is 0 Å². The second-order valence-corrected chi connectivity index (χ2v) is 3.81. The highest BCUT2D eigenvalue weighted by molar-refractivity contribution is 5.67. The van der Waals surface area contributed by atoms with Crippen LogP contribution in [-0.4, -0.2) is 46.1 Å². The molecule has 6 heteroatoms. The van der Waals surface area contributed by atoms with E-state index in [0.29, 0.717) is 6.42 Å². The maximum absolute atomic E-state index is 10.4. The van der Waals surface area contributed by atoms with Gasteiger partial charge < -0.3 is 20.1 Å². The maximum Gasteiger partial charge on any atom is 0.305 e. The molecule has 0 heterocycles. The molecule has 0 saturated heterocycles. The van der Waals surface area contributed by atoms with Crippen LogP contribution in [0.15, 0.2) is 0 Å². The second-order valence-electron chi connectivity index (χ2n) is 3.81. The molecule has 0 fully saturated rings. The SMILES string of the molecule is CC(CCO)(CCC(=O)O)OCCC(=O)O. The first-order valence-corrected chi connectivity index (χ1v) is 5.08. The van der Waals surface area contributed by atoms with Gasteiger partial charge in [-0.15, -0.1) is 0 Å². The number of carbonyl (C=O) groups is 2. The van der Waals surface area contributed by atoms with Crippen molar-refractivity contribution >= 4 is 11.9 Å². The van der Waals surface area contributed by atoms with Crippen molar-refractivity contribution in [2.24, 2.45) is 0 Å². The smallest absolute Gasteiger partial charge is 0.305 e. The van der Waals surface area contributed by atoms with Crippen molar-refractivity contribution in [2.45, 2.75) is 38.2 Å². The van der Waals surface area contributed by atoms with Gasteiger partial charge in [-0.1, -0.05) is 0 Å². The van der Waals surface area contributed by atoms with E-state index < -0.39 is 17.5 Å². The zero-order valence-electron chi connectivity index (χ0n) is 9.31. The number of rotatable bonds is 9. The van der Waals surface area contributed by atoms with Crippen LogP contribution in [0.2, 0.25) is 0 Å². The molecule has 0 radical (unpaired) electrons. The first-order valence-electron chi connectivity index (χ1n) is 5.08. The maximum atomic E-state index is 10.4. The average molecular weight is 234 g/mol. The van der Waals surface area contributed by atoms with Gasteiger partial charge in [0.2, 0.25) is 0 Å². The molecule has 16 heavy (non-hydrogen) atoms. The quantitative estimate of drug-likeness (QED) is 0.536. The zero-order valence-corrected chi connectivity index (χ0v) is 9.31. The van der Waals surface area contributed by atoms with Crippen LogP contribution in [-0.2, 0) is 14.3 Å². The normalized spacial score (nSPS) is 14.4. The molecule has 0 aromatic heterocycles. The summed E-state index contributed by atoms with van der Waals surface area (Å²) >= 11 is 0. The van der Waals surface area contributed by atoms with E-state index in [4.69, 9.17) is 20.1 Å². The van der Waals surface area contributed by atoms with Crippen molar-refractivity contribution in [1.82, 2.24) is 0 Å². The van der Waals surface area contributed by atoms with Gasteiger partial charge in [0.15, 0.2) is 0 Å². The molecule has 0 aliphatic carbocycles. The fourth-order valence-corrected chi connectivity index (χ4v) is 1.26. The lowest BCUT2D eigenvalue weighted by Crippen LogP contribution is -2.32. The predicted octanol–water partition coefficient (Wildman–Crippen LogP) is 0.484. The largest absolute Gasteiger partial charge is 0.481 e. The highest BCUT2D eigenvalue weighted by Crippen LogP contribution is 2.22. The third-order valence-corrected chi connectivity index (χ3v) is 2.27. The molecule has 6 nitrogen and oxygen atoms in total. The molecule has 0 saturated carbocycles. The van der Waals surface area contributed by atoms with Crippen molar-refractivity contribution in [3.63, 3.8) is 0 Å². The van der Waals surface area contributed by atoms with E-state index in [1.54, 1.807) is 6.92 Å². The van der Waals surface area contributed by atoms with Crippen LogP contribution in [0.3, 0.4) is 0 Å². The summed E-state index contributed by atoms with van der Waals surface area (Å²) in [5, 5.41) is 25.8. The Morgan fingerprint density at radius 3 is 2.12 bits per heavy atom. The Hall–Kier alpha value is -1.14. The molecule has 0 aliphatic heterocycles. The highest BCUT2D eigenvalue weighted by atomic mass is 16.5. The molecule has 3 N–H and O–H groups in total. The summed E-state index contributed by atoms with van der Waals surface area (Å²) in [6.07, 6.45) is 0.347. The van der Waals surface area contributed by atoms with E-state index in [-0.39, 0.29) is 32.5 Å². The first-order chi connectivity index (χ1) is 7.39. The highest BCUT2D eigenvalue weighted by Gasteiger charge is 2.25. The Morgan fingerprint density at radius 2 is 1.69 bits per heavy atom. The number of carboxylic acid groups (broad SMARTS) is 2. The second kappa shape index (κ2) is 7.19. The van der Waals surface area contributed by atoms with Gasteiger partial charge in [-0.3, -0.25) is 9.59 Å². The molecule has 1 unspecified atom stereocenters. The van der Waals surface area contributed by atoms with Gasteiger partial charge in [0.1, 0.15) is 0 Å². The number of carboxylic acids is 2. The summed E-state index contributed by atoms with van der Waals surface area (Å²) in [6, 6.07) is 0. The van der Waals surface area contributed by atoms with E-state index in [2.05, 4.69) is 0 Å². The number of ether oxygens (including phenoxy) is 1. The molecular weight excluding hydrogens is 216 g/mol. The minimum absolute atomic E-state index is 0.0193. The van der Waals surface area contributed by atoms with Crippen LogP contribution in [0.25, 0.3) is 0 Å². The Kier molecular flexibility index (Phi) is 6.67. The number of hydrogen-bond acceptors (Lipinski definition) is 4. The number of aliphatic hydroxyl groups excluding tert-OH is 1. The molecule has 0 bridgehead atoms. The third-order valence-electron chi connectivity index (χ3n) is 2.27. The van der Waals surface area contributed by atoms with Crippen LogP contribution in [0.1, 0.15) is 32.6 Å². The summed E-state index contributed by atoms with van der Waals surface area (Å²) in [4.78, 5) is 20.7. The molecule has 0 aromatic rings. The summed E-state index contributed by atoms with van der Waals surface area (Å²) in [5.74, 6) is -1.91. The fourth-order valence-electron chi connectivity index (χ4n) is 1.26. The fraction of sp³-hybridized carbons (Fsp3) is 0.800. The third kappa shape index (κ3) is 7.19. The average Bonchev–Trinajstić information content (AvgIpc) is 2.15. The van der Waals surface area contributed by atoms with Crippen molar-refractivity contribution in [1.29, 1.82) is 0 Å². The van der Waals surface area contributed by atoms with Crippen molar-refractivity contribution in [3.8, 4) is 0 Å². The first kappa shape index (κ1) is 14.9. The lowest BCUT2D eigenvalue weighted by molar-refractivity contribution is -0.143. The van der Waals surface area contributed by atoms with E-state index in [1.165, 1.54) is 0 Å². The molecule has 0 aliphatic rings. The molecule has 0 aromatic carbocycles. The van der Waals surface area contributed by atoms with Crippen LogP contribution in [0, 0.1) is 0 Å². The Morgan fingerprint density at radius 1 is 1.12 bits per heavy atom. The van der Waals surface area contributed by atoms with Crippen LogP contribution < -0.4 is 0 Å². The van der Waals surface area contributed by atoms with Crippen LogP contribution in [0.4, 0.5) is 0 Å². The summed E-state index contributed by atoms with van der Waals surface area (Å²) in [5.41, 5.74) is -0.775. The number of hydrogen-bond donors (Lipinski definition) is 3. The van der Waals surface area contributed by atoms with Gasteiger partial charge in [-0.05, 0) is 19.8 Å². The summed E-state index contributed by atoms with van der Waals surface area (Å²) in [7, 11) is 0. The number of aliphatic carboxylic acids is 2. The van der Waals surface area contributed by atoms with Crippen molar-refractivity contribution in [2.75, 3.05) is 13.2 Å². The summed E-state index contributed by atoms with van der Waals surface area (Å²) < 4.78 is 5.33. The van der Waals surface area contributed by atoms with Crippen molar-refractivity contribution in [3.05, 3.63) is 0 Å². The minimum atomic E-state index is -0.968. The monoisotopic (exact) mass is 234 g/mol. The minimum Gasteiger partial charge on any atom is -0.481 e. The lowest BCUT2D eigenvalue weighted by atomic mass is 9.96. The van der Waals surface area contributed by atoms with E-state index in [9.17, 15) is 9.59 Å². The number of aliphatic hydroxyl groups is 1. The van der Waals surface area contributed by atoms with Crippen molar-refractivity contribution < 1.29 is 29.6 Å². The topological polar surface area (TPSA) is 104 Å². The molecule has 1 atom stereocenters. The predicted molar refractivity (Wildman–Crippen MR) is 55.2 cm³/mol. The van der Waals surface area contributed by atoms with Crippen LogP contribution >= 0.6 is 0 Å². The molecule has 0 amide bonds. The van der Waals surface area contributed by atoms with Gasteiger partial charge in [0, 0.05) is 13.0 Å². The Labute approximate surface area is 93.8 Å². The van der Waals surface area contributed by atoms with Gasteiger partial charge in [0.05, 0.1) is 18.6 Å². The Balaban J connectivity index is 4.09. The Bertz CT molecular complexity index is 239. The van der Waals surface area contributed by atoms with E-state index >= 15 is 0 Å². The lowest BCUT2D eigenvalue weighted by Gasteiger charge is -2.28. The zero-order chi connectivity index (χ0) is 12.6.